The standard InChI is InChI=1S/C13H12N4/c1-10(11-3-2-6-15-8-11)17-13-5-4-12(7-14)16-9-13/h2-6,8-10,17H,1H3. The van der Waals surface area contributed by atoms with Gasteiger partial charge in [-0.25, -0.2) is 4.98 Å². The summed E-state index contributed by atoms with van der Waals surface area (Å²) in [7, 11) is 0. The molecule has 2 heterocycles. The Morgan fingerprint density at radius 2 is 2.18 bits per heavy atom. The van der Waals surface area contributed by atoms with E-state index in [2.05, 4.69) is 22.2 Å². The van der Waals surface area contributed by atoms with E-state index in [9.17, 15) is 0 Å². The summed E-state index contributed by atoms with van der Waals surface area (Å²) in [5, 5.41) is 11.9. The van der Waals surface area contributed by atoms with Crippen LogP contribution in [0.3, 0.4) is 0 Å². The minimum Gasteiger partial charge on any atom is -0.377 e. The molecule has 2 aromatic rings. The topological polar surface area (TPSA) is 61.6 Å². The van der Waals surface area contributed by atoms with Crippen molar-refractivity contribution in [3.05, 3.63) is 54.1 Å². The molecule has 4 nitrogen and oxygen atoms in total. The Balaban J connectivity index is 2.08. The Morgan fingerprint density at radius 3 is 2.76 bits per heavy atom. The molecule has 0 saturated heterocycles. The van der Waals surface area contributed by atoms with Crippen LogP contribution in [0.1, 0.15) is 24.2 Å². The Bertz CT molecular complexity index is 513. The number of rotatable bonds is 3. The summed E-state index contributed by atoms with van der Waals surface area (Å²) in [5.41, 5.74) is 2.42. The zero-order valence-electron chi connectivity index (χ0n) is 9.46. The Kier molecular flexibility index (Phi) is 3.31. The molecule has 0 aliphatic heterocycles. The lowest BCUT2D eigenvalue weighted by Gasteiger charge is -2.14. The predicted octanol–water partition coefficient (Wildman–Crippen LogP) is 2.52. The van der Waals surface area contributed by atoms with Gasteiger partial charge in [0.1, 0.15) is 11.8 Å². The number of anilines is 1. The molecule has 0 spiro atoms. The van der Waals surface area contributed by atoms with Crippen LogP contribution in [0, 0.1) is 11.3 Å². The Labute approximate surface area is 100.0 Å². The first-order chi connectivity index (χ1) is 8.29. The largest absolute Gasteiger partial charge is 0.377 e. The van der Waals surface area contributed by atoms with Crippen LogP contribution >= 0.6 is 0 Å². The number of hydrogen-bond acceptors (Lipinski definition) is 4. The summed E-state index contributed by atoms with van der Waals surface area (Å²) in [6.07, 6.45) is 5.24. The van der Waals surface area contributed by atoms with Crippen LogP contribution < -0.4 is 5.32 Å². The molecule has 2 aromatic heterocycles. The summed E-state index contributed by atoms with van der Waals surface area (Å²) >= 11 is 0. The first-order valence-corrected chi connectivity index (χ1v) is 5.32. The maximum Gasteiger partial charge on any atom is 0.140 e. The molecule has 0 saturated carbocycles. The Hall–Kier alpha value is -2.41. The predicted molar refractivity (Wildman–Crippen MR) is 65.2 cm³/mol. The fraction of sp³-hybridized carbons (Fsp3) is 0.154. The van der Waals surface area contributed by atoms with Gasteiger partial charge in [-0.2, -0.15) is 5.26 Å². The monoisotopic (exact) mass is 224 g/mol. The third-order valence-electron chi connectivity index (χ3n) is 2.45. The molecular formula is C13H12N4. The second-order valence-electron chi connectivity index (χ2n) is 3.70. The van der Waals surface area contributed by atoms with Crippen molar-refractivity contribution >= 4 is 5.69 Å². The first-order valence-electron chi connectivity index (χ1n) is 5.32. The molecule has 0 bridgehead atoms. The fourth-order valence-electron chi connectivity index (χ4n) is 1.51. The van der Waals surface area contributed by atoms with E-state index < -0.39 is 0 Å². The van der Waals surface area contributed by atoms with Gasteiger partial charge in [-0.05, 0) is 30.7 Å². The van der Waals surface area contributed by atoms with Crippen molar-refractivity contribution in [3.8, 4) is 6.07 Å². The number of nitriles is 1. The number of nitrogens with one attached hydrogen (secondary N) is 1. The lowest BCUT2D eigenvalue weighted by atomic mass is 10.1. The lowest BCUT2D eigenvalue weighted by molar-refractivity contribution is 0.874. The van der Waals surface area contributed by atoms with E-state index in [0.717, 1.165) is 11.3 Å². The van der Waals surface area contributed by atoms with Gasteiger partial charge in [-0.15, -0.1) is 0 Å². The molecule has 1 unspecified atom stereocenters. The van der Waals surface area contributed by atoms with Gasteiger partial charge in [0.2, 0.25) is 0 Å². The number of aromatic nitrogens is 2. The van der Waals surface area contributed by atoms with Crippen molar-refractivity contribution in [2.75, 3.05) is 5.32 Å². The second kappa shape index (κ2) is 5.08. The smallest absolute Gasteiger partial charge is 0.140 e. The normalized spacial score (nSPS) is 11.5. The van der Waals surface area contributed by atoms with Crippen molar-refractivity contribution in [2.24, 2.45) is 0 Å². The van der Waals surface area contributed by atoms with Gasteiger partial charge in [0.25, 0.3) is 0 Å². The molecule has 0 amide bonds. The van der Waals surface area contributed by atoms with Crippen molar-refractivity contribution in [1.29, 1.82) is 5.26 Å². The highest BCUT2D eigenvalue weighted by Gasteiger charge is 2.04. The van der Waals surface area contributed by atoms with Gasteiger partial charge in [-0.1, -0.05) is 6.07 Å². The average molecular weight is 224 g/mol. The maximum absolute atomic E-state index is 8.65. The zero-order chi connectivity index (χ0) is 12.1. The van der Waals surface area contributed by atoms with E-state index in [0.29, 0.717) is 5.69 Å². The second-order valence-corrected chi connectivity index (χ2v) is 3.70. The van der Waals surface area contributed by atoms with Crippen molar-refractivity contribution in [2.45, 2.75) is 13.0 Å². The molecule has 1 N–H and O–H groups in total. The van der Waals surface area contributed by atoms with Crippen LogP contribution in [-0.4, -0.2) is 9.97 Å². The van der Waals surface area contributed by atoms with E-state index in [4.69, 9.17) is 5.26 Å². The SMILES string of the molecule is CC(Nc1ccc(C#N)nc1)c1cccnc1. The number of hydrogen-bond donors (Lipinski definition) is 1. The highest BCUT2D eigenvalue weighted by atomic mass is 14.9. The van der Waals surface area contributed by atoms with E-state index in [1.54, 1.807) is 18.5 Å². The van der Waals surface area contributed by atoms with Gasteiger partial charge in [-0.3, -0.25) is 4.98 Å². The van der Waals surface area contributed by atoms with E-state index in [1.807, 2.05) is 30.5 Å². The summed E-state index contributed by atoms with van der Waals surface area (Å²) in [6.45, 7) is 2.05. The van der Waals surface area contributed by atoms with Crippen LogP contribution in [0.2, 0.25) is 0 Å². The first kappa shape index (κ1) is 11.1. The molecular weight excluding hydrogens is 212 g/mol. The minimum atomic E-state index is 0.151. The van der Waals surface area contributed by atoms with E-state index in [1.165, 1.54) is 0 Å². The van der Waals surface area contributed by atoms with Crippen LogP contribution in [-0.2, 0) is 0 Å². The summed E-state index contributed by atoms with van der Waals surface area (Å²) in [4.78, 5) is 8.08. The van der Waals surface area contributed by atoms with Gasteiger partial charge >= 0.3 is 0 Å². The molecule has 4 heteroatoms. The quantitative estimate of drug-likeness (QED) is 0.870. The maximum atomic E-state index is 8.65. The minimum absolute atomic E-state index is 0.151. The molecule has 0 aliphatic carbocycles. The molecule has 0 radical (unpaired) electrons. The summed E-state index contributed by atoms with van der Waals surface area (Å²) < 4.78 is 0. The highest BCUT2D eigenvalue weighted by molar-refractivity contribution is 5.44. The van der Waals surface area contributed by atoms with Gasteiger partial charge < -0.3 is 5.32 Å². The molecule has 0 fully saturated rings. The highest BCUT2D eigenvalue weighted by Crippen LogP contribution is 2.17. The van der Waals surface area contributed by atoms with Gasteiger partial charge in [0.05, 0.1) is 17.9 Å². The number of pyridine rings is 2. The third-order valence-corrected chi connectivity index (χ3v) is 2.45. The van der Waals surface area contributed by atoms with E-state index >= 15 is 0 Å². The molecule has 0 aliphatic rings. The molecule has 1 atom stereocenters. The fourth-order valence-corrected chi connectivity index (χ4v) is 1.51. The molecule has 17 heavy (non-hydrogen) atoms. The van der Waals surface area contributed by atoms with Crippen molar-refractivity contribution < 1.29 is 0 Å². The molecule has 2 rings (SSSR count). The number of nitrogens with zero attached hydrogens (tertiary/aromatic N) is 3. The zero-order valence-corrected chi connectivity index (χ0v) is 9.46. The van der Waals surface area contributed by atoms with E-state index in [-0.39, 0.29) is 6.04 Å². The molecule has 84 valence electrons. The van der Waals surface area contributed by atoms with Gasteiger partial charge in [0.15, 0.2) is 0 Å². The van der Waals surface area contributed by atoms with Crippen LogP contribution in [0.4, 0.5) is 5.69 Å². The lowest BCUT2D eigenvalue weighted by Crippen LogP contribution is -2.07. The van der Waals surface area contributed by atoms with Crippen molar-refractivity contribution in [3.63, 3.8) is 0 Å². The third kappa shape index (κ3) is 2.79. The van der Waals surface area contributed by atoms with Crippen molar-refractivity contribution in [1.82, 2.24) is 9.97 Å². The van der Waals surface area contributed by atoms with Crippen LogP contribution in [0.25, 0.3) is 0 Å². The Morgan fingerprint density at radius 1 is 1.29 bits per heavy atom. The van der Waals surface area contributed by atoms with Gasteiger partial charge in [0, 0.05) is 12.4 Å². The molecule has 0 aromatic carbocycles. The van der Waals surface area contributed by atoms with Crippen LogP contribution in [0.15, 0.2) is 42.9 Å². The van der Waals surface area contributed by atoms with Crippen LogP contribution in [0.5, 0.6) is 0 Å². The summed E-state index contributed by atoms with van der Waals surface area (Å²) in [6, 6.07) is 9.60. The average Bonchev–Trinajstić information content (AvgIpc) is 2.40. The summed E-state index contributed by atoms with van der Waals surface area (Å²) in [5.74, 6) is 0.